The average Bonchev–Trinajstić information content (AvgIpc) is 3.49. The predicted molar refractivity (Wildman–Crippen MR) is 105 cm³/mol. The van der Waals surface area contributed by atoms with Crippen LogP contribution in [0.1, 0.15) is 39.3 Å². The topological polar surface area (TPSA) is 103 Å². The molecular formula is C21H15F3N4O4. The molecule has 0 unspecified atom stereocenters. The van der Waals surface area contributed by atoms with E-state index in [4.69, 9.17) is 8.83 Å². The van der Waals surface area contributed by atoms with Gasteiger partial charge in [-0.25, -0.2) is 4.98 Å². The Bertz CT molecular complexity index is 1290. The van der Waals surface area contributed by atoms with Crippen molar-refractivity contribution in [3.63, 3.8) is 0 Å². The molecule has 1 amide bonds. The third-order valence-electron chi connectivity index (χ3n) is 4.38. The highest BCUT2D eigenvalue weighted by Gasteiger charge is 2.31. The molecule has 0 fully saturated rings. The number of rotatable bonds is 6. The molecule has 0 aliphatic rings. The minimum absolute atomic E-state index is 0.0894. The van der Waals surface area contributed by atoms with Crippen LogP contribution in [0.5, 0.6) is 0 Å². The number of carbonyl (C=O) groups excluding carboxylic acids is 2. The summed E-state index contributed by atoms with van der Waals surface area (Å²) in [5, 5.41) is 6.72. The molecule has 4 rings (SSSR count). The quantitative estimate of drug-likeness (QED) is 0.434. The molecule has 0 spiro atoms. The first-order valence-electron chi connectivity index (χ1n) is 9.26. The van der Waals surface area contributed by atoms with E-state index in [1.165, 1.54) is 23.7 Å². The standard InChI is InChI=1S/C21H15F3N4O4/c1-12(29)17-6-5-15(32-17)10-28-8-7-18(27-28)26-19(30)16-11-31-20(25-16)13-3-2-4-14(9-13)21(22,23)24/h2-9,11H,10H2,1H3,(H,26,27,30). The summed E-state index contributed by atoms with van der Waals surface area (Å²) in [6, 6.07) is 9.21. The van der Waals surface area contributed by atoms with E-state index in [1.54, 1.807) is 24.4 Å². The molecule has 3 aromatic heterocycles. The van der Waals surface area contributed by atoms with Crippen molar-refractivity contribution in [1.82, 2.24) is 14.8 Å². The van der Waals surface area contributed by atoms with Gasteiger partial charge in [0.2, 0.25) is 5.89 Å². The van der Waals surface area contributed by atoms with Crippen LogP contribution in [0.3, 0.4) is 0 Å². The maximum absolute atomic E-state index is 12.9. The Kier molecular flexibility index (Phi) is 5.39. The lowest BCUT2D eigenvalue weighted by molar-refractivity contribution is -0.137. The number of Topliss-reactive ketones (excluding diaryl/α,β-unsaturated/α-hetero) is 1. The summed E-state index contributed by atoms with van der Waals surface area (Å²) in [5.74, 6) is 0.0143. The maximum atomic E-state index is 12.9. The van der Waals surface area contributed by atoms with Crippen LogP contribution in [0.4, 0.5) is 19.0 Å². The summed E-state index contributed by atoms with van der Waals surface area (Å²) in [6.45, 7) is 1.64. The van der Waals surface area contributed by atoms with Crippen molar-refractivity contribution in [1.29, 1.82) is 0 Å². The minimum atomic E-state index is -4.51. The Morgan fingerprint density at radius 1 is 1.16 bits per heavy atom. The molecule has 0 saturated carbocycles. The van der Waals surface area contributed by atoms with Gasteiger partial charge in [0, 0.05) is 24.8 Å². The van der Waals surface area contributed by atoms with Gasteiger partial charge in [-0.1, -0.05) is 6.07 Å². The lowest BCUT2D eigenvalue weighted by Gasteiger charge is -2.06. The maximum Gasteiger partial charge on any atom is 0.416 e. The molecule has 3 heterocycles. The largest absolute Gasteiger partial charge is 0.456 e. The van der Waals surface area contributed by atoms with Gasteiger partial charge in [-0.05, 0) is 30.3 Å². The first-order chi connectivity index (χ1) is 15.2. The van der Waals surface area contributed by atoms with Crippen molar-refractivity contribution in [2.45, 2.75) is 19.6 Å². The van der Waals surface area contributed by atoms with Crippen LogP contribution in [-0.2, 0) is 12.7 Å². The molecule has 0 aliphatic heterocycles. The van der Waals surface area contributed by atoms with Gasteiger partial charge in [-0.15, -0.1) is 0 Å². The second-order valence-electron chi connectivity index (χ2n) is 6.79. The number of alkyl halides is 3. The summed E-state index contributed by atoms with van der Waals surface area (Å²) in [4.78, 5) is 27.7. The van der Waals surface area contributed by atoms with Crippen molar-refractivity contribution in [3.05, 3.63) is 77.7 Å². The van der Waals surface area contributed by atoms with Crippen LogP contribution >= 0.6 is 0 Å². The SMILES string of the molecule is CC(=O)c1ccc(Cn2ccc(NC(=O)c3coc(-c4cccc(C(F)(F)F)c4)n3)n2)o1. The van der Waals surface area contributed by atoms with Gasteiger partial charge in [0.05, 0.1) is 12.1 Å². The van der Waals surface area contributed by atoms with Crippen LogP contribution in [0, 0.1) is 0 Å². The summed E-state index contributed by atoms with van der Waals surface area (Å²) >= 11 is 0. The molecule has 11 heteroatoms. The Morgan fingerprint density at radius 2 is 1.97 bits per heavy atom. The molecule has 1 N–H and O–H groups in total. The first kappa shape index (κ1) is 21.1. The summed E-state index contributed by atoms with van der Waals surface area (Å²) in [6.07, 6.45) is -1.86. The van der Waals surface area contributed by atoms with Gasteiger partial charge in [-0.2, -0.15) is 18.3 Å². The Labute approximate surface area is 178 Å². The van der Waals surface area contributed by atoms with Crippen molar-refractivity contribution in [2.24, 2.45) is 0 Å². The monoisotopic (exact) mass is 444 g/mol. The highest BCUT2D eigenvalue weighted by Crippen LogP contribution is 2.32. The average molecular weight is 444 g/mol. The highest BCUT2D eigenvalue weighted by atomic mass is 19.4. The zero-order valence-electron chi connectivity index (χ0n) is 16.5. The van der Waals surface area contributed by atoms with E-state index in [9.17, 15) is 22.8 Å². The predicted octanol–water partition coefficient (Wildman–Crippen LogP) is 4.65. The lowest BCUT2D eigenvalue weighted by atomic mass is 10.1. The number of nitrogens with zero attached hydrogens (tertiary/aromatic N) is 3. The second kappa shape index (κ2) is 8.17. The van der Waals surface area contributed by atoms with Gasteiger partial charge in [0.1, 0.15) is 12.0 Å². The lowest BCUT2D eigenvalue weighted by Crippen LogP contribution is -2.13. The molecule has 1 aromatic carbocycles. The molecule has 0 bridgehead atoms. The van der Waals surface area contributed by atoms with E-state index in [2.05, 4.69) is 15.4 Å². The minimum Gasteiger partial charge on any atom is -0.456 e. The molecule has 32 heavy (non-hydrogen) atoms. The summed E-state index contributed by atoms with van der Waals surface area (Å²) in [7, 11) is 0. The first-order valence-corrected chi connectivity index (χ1v) is 9.26. The molecule has 0 radical (unpaired) electrons. The number of oxazole rings is 1. The second-order valence-corrected chi connectivity index (χ2v) is 6.79. The number of aromatic nitrogens is 3. The van der Waals surface area contributed by atoms with Crippen molar-refractivity contribution in [3.8, 4) is 11.5 Å². The van der Waals surface area contributed by atoms with Crippen molar-refractivity contribution in [2.75, 3.05) is 5.32 Å². The van der Waals surface area contributed by atoms with Gasteiger partial charge < -0.3 is 14.2 Å². The fourth-order valence-corrected chi connectivity index (χ4v) is 2.85. The Balaban J connectivity index is 1.43. The third kappa shape index (κ3) is 4.61. The summed E-state index contributed by atoms with van der Waals surface area (Å²) < 4.78 is 50.7. The normalized spacial score (nSPS) is 11.5. The number of halogens is 3. The molecule has 8 nitrogen and oxygen atoms in total. The van der Waals surface area contributed by atoms with E-state index in [0.29, 0.717) is 5.76 Å². The van der Waals surface area contributed by atoms with E-state index >= 15 is 0 Å². The Hall–Kier alpha value is -4.15. The van der Waals surface area contributed by atoms with Crippen molar-refractivity contribution < 1.29 is 31.6 Å². The third-order valence-corrected chi connectivity index (χ3v) is 4.38. The van der Waals surface area contributed by atoms with Crippen molar-refractivity contribution >= 4 is 17.5 Å². The Morgan fingerprint density at radius 3 is 2.69 bits per heavy atom. The van der Waals surface area contributed by atoms with E-state index < -0.39 is 17.6 Å². The molecule has 0 saturated heterocycles. The van der Waals surface area contributed by atoms with E-state index in [-0.39, 0.29) is 41.1 Å². The molecule has 0 aliphatic carbocycles. The number of amides is 1. The molecule has 164 valence electrons. The number of carbonyl (C=O) groups is 2. The van der Waals surface area contributed by atoms with Crippen LogP contribution in [0.25, 0.3) is 11.5 Å². The molecule has 0 atom stereocenters. The smallest absolute Gasteiger partial charge is 0.416 e. The number of hydrogen-bond acceptors (Lipinski definition) is 6. The van der Waals surface area contributed by atoms with Gasteiger partial charge in [-0.3, -0.25) is 14.3 Å². The number of ketones is 1. The number of benzene rings is 1. The number of nitrogens with one attached hydrogen (secondary N) is 1. The van der Waals surface area contributed by atoms with Crippen LogP contribution < -0.4 is 5.32 Å². The van der Waals surface area contributed by atoms with E-state index in [1.807, 2.05) is 0 Å². The van der Waals surface area contributed by atoms with Gasteiger partial charge >= 0.3 is 6.18 Å². The van der Waals surface area contributed by atoms with E-state index in [0.717, 1.165) is 18.4 Å². The number of furan rings is 1. The molecule has 4 aromatic rings. The summed E-state index contributed by atoms with van der Waals surface area (Å²) in [5.41, 5.74) is -0.882. The number of hydrogen-bond donors (Lipinski definition) is 1. The van der Waals surface area contributed by atoms with Gasteiger partial charge in [0.15, 0.2) is 23.1 Å². The zero-order valence-corrected chi connectivity index (χ0v) is 16.5. The highest BCUT2D eigenvalue weighted by molar-refractivity contribution is 6.02. The van der Waals surface area contributed by atoms with Crippen LogP contribution in [-0.4, -0.2) is 26.5 Å². The fourth-order valence-electron chi connectivity index (χ4n) is 2.85. The zero-order chi connectivity index (χ0) is 22.9. The number of anilines is 1. The van der Waals surface area contributed by atoms with Gasteiger partial charge in [0.25, 0.3) is 5.91 Å². The molecular weight excluding hydrogens is 429 g/mol. The van der Waals surface area contributed by atoms with Crippen LogP contribution in [0.15, 0.2) is 63.8 Å². The van der Waals surface area contributed by atoms with Crippen LogP contribution in [0.2, 0.25) is 0 Å². The fraction of sp³-hybridized carbons (Fsp3) is 0.143.